The van der Waals surface area contributed by atoms with Crippen LogP contribution in [-0.2, 0) is 11.2 Å². The number of esters is 1. The van der Waals surface area contributed by atoms with Crippen LogP contribution in [-0.4, -0.2) is 18.1 Å². The topological polar surface area (TPSA) is 39.2 Å². The summed E-state index contributed by atoms with van der Waals surface area (Å²) < 4.78 is 4.59. The van der Waals surface area contributed by atoms with E-state index in [9.17, 15) is 4.79 Å². The first kappa shape index (κ1) is 10.3. The van der Waals surface area contributed by atoms with E-state index in [4.69, 9.17) is 0 Å². The molecule has 3 heteroatoms. The van der Waals surface area contributed by atoms with Crippen LogP contribution in [0.25, 0.3) is 0 Å². The zero-order chi connectivity index (χ0) is 10.4. The van der Waals surface area contributed by atoms with Crippen molar-refractivity contribution in [3.05, 3.63) is 29.6 Å². The molecular weight excluding hydrogens is 178 g/mol. The van der Waals surface area contributed by atoms with Gasteiger partial charge in [-0.2, -0.15) is 0 Å². The second-order valence-corrected chi connectivity index (χ2v) is 2.63. The summed E-state index contributed by atoms with van der Waals surface area (Å²) >= 11 is 0. The van der Waals surface area contributed by atoms with Gasteiger partial charge in [0.15, 0.2) is 0 Å². The summed E-state index contributed by atoms with van der Waals surface area (Å²) in [5, 5.41) is 0. The lowest BCUT2D eigenvalue weighted by atomic mass is 10.2. The van der Waals surface area contributed by atoms with Gasteiger partial charge in [-0.05, 0) is 19.1 Å². The molecule has 1 heterocycles. The summed E-state index contributed by atoms with van der Waals surface area (Å²) in [5.41, 5.74) is 1.29. The predicted octanol–water partition coefficient (Wildman–Crippen LogP) is 1.43. The molecule has 1 rings (SSSR count). The molecule has 0 bridgehead atoms. The Morgan fingerprint density at radius 1 is 1.64 bits per heavy atom. The Labute approximate surface area is 83.1 Å². The Morgan fingerprint density at radius 3 is 3.07 bits per heavy atom. The van der Waals surface area contributed by atoms with Gasteiger partial charge in [0.1, 0.15) is 0 Å². The maximum Gasteiger partial charge on any atom is 0.337 e. The van der Waals surface area contributed by atoms with Crippen LogP contribution in [0.4, 0.5) is 0 Å². The number of nitrogens with zero attached hydrogens (tertiary/aromatic N) is 1. The number of carbonyl (C=O) groups excluding carboxylic acids is 1. The smallest absolute Gasteiger partial charge is 0.337 e. The highest BCUT2D eigenvalue weighted by atomic mass is 16.5. The van der Waals surface area contributed by atoms with Gasteiger partial charge in [0.2, 0.25) is 0 Å². The van der Waals surface area contributed by atoms with Gasteiger partial charge in [0.05, 0.1) is 24.8 Å². The van der Waals surface area contributed by atoms with Crippen LogP contribution in [0.15, 0.2) is 18.3 Å². The van der Waals surface area contributed by atoms with Crippen molar-refractivity contribution in [2.75, 3.05) is 7.11 Å². The maximum atomic E-state index is 11.2. The van der Waals surface area contributed by atoms with Crippen molar-refractivity contribution in [2.24, 2.45) is 0 Å². The van der Waals surface area contributed by atoms with Crippen LogP contribution in [0, 0.1) is 11.8 Å². The van der Waals surface area contributed by atoms with Gasteiger partial charge in [-0.25, -0.2) is 4.79 Å². The Hall–Kier alpha value is -1.82. The van der Waals surface area contributed by atoms with Gasteiger partial charge >= 0.3 is 5.97 Å². The van der Waals surface area contributed by atoms with Gasteiger partial charge in [-0.1, -0.05) is 5.92 Å². The van der Waals surface area contributed by atoms with Gasteiger partial charge in [0.25, 0.3) is 0 Å². The van der Waals surface area contributed by atoms with Gasteiger partial charge in [0, 0.05) is 6.20 Å². The Kier molecular flexibility index (Phi) is 3.69. The molecule has 72 valence electrons. The van der Waals surface area contributed by atoms with Crippen molar-refractivity contribution in [1.82, 2.24) is 4.98 Å². The number of carbonyl (C=O) groups is 1. The maximum absolute atomic E-state index is 11.2. The molecule has 0 aromatic carbocycles. The van der Waals surface area contributed by atoms with Crippen molar-refractivity contribution in [3.8, 4) is 11.8 Å². The lowest BCUT2D eigenvalue weighted by molar-refractivity contribution is 0.0600. The SMILES string of the molecule is CC#CCc1cc(C(=O)OC)ccn1. The summed E-state index contributed by atoms with van der Waals surface area (Å²) in [4.78, 5) is 15.2. The van der Waals surface area contributed by atoms with Gasteiger partial charge < -0.3 is 4.74 Å². The molecule has 14 heavy (non-hydrogen) atoms. The fraction of sp³-hybridized carbons (Fsp3) is 0.273. The largest absolute Gasteiger partial charge is 0.465 e. The third kappa shape index (κ3) is 2.60. The van der Waals surface area contributed by atoms with Gasteiger partial charge in [-0.3, -0.25) is 4.98 Å². The first-order valence-electron chi connectivity index (χ1n) is 4.20. The summed E-state index contributed by atoms with van der Waals surface area (Å²) in [6, 6.07) is 3.31. The molecule has 0 radical (unpaired) electrons. The fourth-order valence-electron chi connectivity index (χ4n) is 0.999. The summed E-state index contributed by atoms with van der Waals surface area (Å²) in [6.07, 6.45) is 2.14. The van der Waals surface area contributed by atoms with E-state index in [0.717, 1.165) is 5.69 Å². The Balaban J connectivity index is 2.87. The van der Waals surface area contributed by atoms with Crippen molar-refractivity contribution in [1.29, 1.82) is 0 Å². The summed E-state index contributed by atoms with van der Waals surface area (Å²) in [5.74, 6) is 5.31. The lowest BCUT2D eigenvalue weighted by Crippen LogP contribution is -2.02. The molecule has 1 aromatic rings. The van der Waals surface area contributed by atoms with E-state index in [0.29, 0.717) is 12.0 Å². The minimum Gasteiger partial charge on any atom is -0.465 e. The molecule has 0 saturated heterocycles. The first-order valence-corrected chi connectivity index (χ1v) is 4.20. The Morgan fingerprint density at radius 2 is 2.43 bits per heavy atom. The van der Waals surface area contributed by atoms with Crippen molar-refractivity contribution in [2.45, 2.75) is 13.3 Å². The van der Waals surface area contributed by atoms with Crippen LogP contribution < -0.4 is 0 Å². The Bertz CT molecular complexity index is 388. The van der Waals surface area contributed by atoms with Crippen LogP contribution in [0.5, 0.6) is 0 Å². The van der Waals surface area contributed by atoms with Crippen molar-refractivity contribution < 1.29 is 9.53 Å². The third-order valence-corrected chi connectivity index (χ3v) is 1.68. The molecule has 0 aliphatic rings. The number of pyridine rings is 1. The highest BCUT2D eigenvalue weighted by Crippen LogP contribution is 2.03. The van der Waals surface area contributed by atoms with Crippen molar-refractivity contribution in [3.63, 3.8) is 0 Å². The van der Waals surface area contributed by atoms with Crippen LogP contribution >= 0.6 is 0 Å². The molecule has 0 atom stereocenters. The minimum atomic E-state index is -0.349. The fourth-order valence-corrected chi connectivity index (χ4v) is 0.999. The standard InChI is InChI=1S/C11H11NO2/c1-3-4-5-10-8-9(6-7-12-10)11(13)14-2/h6-8H,5H2,1-2H3. The monoisotopic (exact) mass is 189 g/mol. The number of ether oxygens (including phenoxy) is 1. The van der Waals surface area contributed by atoms with Gasteiger partial charge in [-0.15, -0.1) is 5.92 Å². The third-order valence-electron chi connectivity index (χ3n) is 1.68. The van der Waals surface area contributed by atoms with E-state index in [1.54, 1.807) is 25.3 Å². The van der Waals surface area contributed by atoms with Crippen LogP contribution in [0.3, 0.4) is 0 Å². The van der Waals surface area contributed by atoms with Crippen LogP contribution in [0.1, 0.15) is 23.0 Å². The molecule has 0 aliphatic carbocycles. The number of hydrogen-bond donors (Lipinski definition) is 0. The average Bonchev–Trinajstić information content (AvgIpc) is 2.25. The van der Waals surface area contributed by atoms with E-state index >= 15 is 0 Å². The second kappa shape index (κ2) is 5.03. The molecule has 0 aliphatic heterocycles. The number of methoxy groups -OCH3 is 1. The minimum absolute atomic E-state index is 0.349. The number of rotatable bonds is 2. The number of aromatic nitrogens is 1. The van der Waals surface area contributed by atoms with E-state index in [-0.39, 0.29) is 5.97 Å². The summed E-state index contributed by atoms with van der Waals surface area (Å²) in [6.45, 7) is 1.77. The van der Waals surface area contributed by atoms with Crippen LogP contribution in [0.2, 0.25) is 0 Å². The first-order chi connectivity index (χ1) is 6.77. The lowest BCUT2D eigenvalue weighted by Gasteiger charge is -1.99. The predicted molar refractivity (Wildman–Crippen MR) is 52.7 cm³/mol. The molecule has 0 unspecified atom stereocenters. The zero-order valence-electron chi connectivity index (χ0n) is 8.20. The van der Waals surface area contributed by atoms with Crippen molar-refractivity contribution >= 4 is 5.97 Å². The molecular formula is C11H11NO2. The molecule has 3 nitrogen and oxygen atoms in total. The number of hydrogen-bond acceptors (Lipinski definition) is 3. The normalized spacial score (nSPS) is 8.71. The van der Waals surface area contributed by atoms with E-state index in [2.05, 4.69) is 21.6 Å². The quantitative estimate of drug-likeness (QED) is 0.522. The van der Waals surface area contributed by atoms with E-state index in [1.807, 2.05) is 0 Å². The molecule has 0 amide bonds. The van der Waals surface area contributed by atoms with E-state index < -0.39 is 0 Å². The molecule has 1 aromatic heterocycles. The highest BCUT2D eigenvalue weighted by Gasteiger charge is 2.05. The molecule has 0 saturated carbocycles. The second-order valence-electron chi connectivity index (χ2n) is 2.63. The molecule has 0 fully saturated rings. The highest BCUT2D eigenvalue weighted by molar-refractivity contribution is 5.89. The molecule has 0 spiro atoms. The summed E-state index contributed by atoms with van der Waals surface area (Å²) in [7, 11) is 1.36. The zero-order valence-corrected chi connectivity index (χ0v) is 8.20. The average molecular weight is 189 g/mol. The van der Waals surface area contributed by atoms with E-state index in [1.165, 1.54) is 7.11 Å². The molecule has 0 N–H and O–H groups in total.